The van der Waals surface area contributed by atoms with E-state index in [1.54, 1.807) is 17.7 Å². The molecule has 4 heteroatoms. The second-order valence-electron chi connectivity index (χ2n) is 4.66. The number of ketones is 1. The SMILES string of the molecule is CC(=O)c1ccc(OCCc2cnn(C)c2)c(C)c1. The third-order valence-corrected chi connectivity index (χ3v) is 2.99. The summed E-state index contributed by atoms with van der Waals surface area (Å²) >= 11 is 0. The van der Waals surface area contributed by atoms with Gasteiger partial charge in [0.1, 0.15) is 5.75 Å². The molecular weight excluding hydrogens is 240 g/mol. The summed E-state index contributed by atoms with van der Waals surface area (Å²) in [5.74, 6) is 0.902. The van der Waals surface area contributed by atoms with E-state index in [1.807, 2.05) is 38.5 Å². The Kier molecular flexibility index (Phi) is 4.00. The number of hydrogen-bond acceptors (Lipinski definition) is 3. The van der Waals surface area contributed by atoms with Gasteiger partial charge in [-0.25, -0.2) is 0 Å². The monoisotopic (exact) mass is 258 g/mol. The predicted molar refractivity (Wildman–Crippen MR) is 73.6 cm³/mol. The van der Waals surface area contributed by atoms with Crippen molar-refractivity contribution >= 4 is 5.78 Å². The molecule has 0 amide bonds. The molecule has 2 rings (SSSR count). The van der Waals surface area contributed by atoms with E-state index in [9.17, 15) is 4.79 Å². The smallest absolute Gasteiger partial charge is 0.159 e. The van der Waals surface area contributed by atoms with Crippen molar-refractivity contribution < 1.29 is 9.53 Å². The van der Waals surface area contributed by atoms with E-state index in [2.05, 4.69) is 5.10 Å². The normalized spacial score (nSPS) is 10.5. The molecule has 0 unspecified atom stereocenters. The van der Waals surface area contributed by atoms with Crippen molar-refractivity contribution in [3.8, 4) is 5.75 Å². The largest absolute Gasteiger partial charge is 0.493 e. The number of carbonyl (C=O) groups excluding carboxylic acids is 1. The van der Waals surface area contributed by atoms with Crippen LogP contribution in [0.4, 0.5) is 0 Å². The summed E-state index contributed by atoms with van der Waals surface area (Å²) in [5.41, 5.74) is 2.86. The van der Waals surface area contributed by atoms with E-state index >= 15 is 0 Å². The van der Waals surface area contributed by atoms with Crippen LogP contribution in [-0.4, -0.2) is 22.2 Å². The Morgan fingerprint density at radius 2 is 2.21 bits per heavy atom. The predicted octanol–water partition coefficient (Wildman–Crippen LogP) is 2.55. The van der Waals surface area contributed by atoms with E-state index in [0.717, 1.165) is 28.9 Å². The van der Waals surface area contributed by atoms with E-state index in [4.69, 9.17) is 4.74 Å². The van der Waals surface area contributed by atoms with Crippen LogP contribution < -0.4 is 4.74 Å². The van der Waals surface area contributed by atoms with Gasteiger partial charge in [0.15, 0.2) is 5.78 Å². The van der Waals surface area contributed by atoms with Crippen LogP contribution >= 0.6 is 0 Å². The Morgan fingerprint density at radius 3 is 2.79 bits per heavy atom. The zero-order valence-corrected chi connectivity index (χ0v) is 11.5. The van der Waals surface area contributed by atoms with Gasteiger partial charge in [-0.2, -0.15) is 5.10 Å². The Balaban J connectivity index is 1.94. The summed E-state index contributed by atoms with van der Waals surface area (Å²) in [7, 11) is 1.90. The molecule has 0 bridgehead atoms. The minimum atomic E-state index is 0.0741. The molecule has 19 heavy (non-hydrogen) atoms. The number of aromatic nitrogens is 2. The fourth-order valence-corrected chi connectivity index (χ4v) is 1.91. The number of carbonyl (C=O) groups is 1. The van der Waals surface area contributed by atoms with Crippen LogP contribution in [0, 0.1) is 6.92 Å². The third-order valence-electron chi connectivity index (χ3n) is 2.99. The highest BCUT2D eigenvalue weighted by Gasteiger charge is 2.05. The summed E-state index contributed by atoms with van der Waals surface area (Å²) in [5, 5.41) is 4.11. The second kappa shape index (κ2) is 5.69. The number of ether oxygens (including phenoxy) is 1. The highest BCUT2D eigenvalue weighted by atomic mass is 16.5. The highest BCUT2D eigenvalue weighted by Crippen LogP contribution is 2.19. The first kappa shape index (κ1) is 13.3. The molecule has 0 aliphatic heterocycles. The van der Waals surface area contributed by atoms with Crippen molar-refractivity contribution in [3.05, 3.63) is 47.3 Å². The van der Waals surface area contributed by atoms with E-state index in [0.29, 0.717) is 6.61 Å². The summed E-state index contributed by atoms with van der Waals surface area (Å²) in [6.45, 7) is 4.12. The van der Waals surface area contributed by atoms with Gasteiger partial charge in [0.25, 0.3) is 0 Å². The van der Waals surface area contributed by atoms with Gasteiger partial charge >= 0.3 is 0 Å². The first-order chi connectivity index (χ1) is 9.06. The molecule has 1 heterocycles. The molecule has 0 N–H and O–H groups in total. The van der Waals surface area contributed by atoms with Crippen molar-refractivity contribution in [2.75, 3.05) is 6.61 Å². The van der Waals surface area contributed by atoms with Crippen LogP contribution in [0.2, 0.25) is 0 Å². The van der Waals surface area contributed by atoms with Crippen LogP contribution in [-0.2, 0) is 13.5 Å². The summed E-state index contributed by atoms with van der Waals surface area (Å²) in [6, 6.07) is 5.52. The summed E-state index contributed by atoms with van der Waals surface area (Å²) < 4.78 is 7.52. The molecule has 0 radical (unpaired) electrons. The van der Waals surface area contributed by atoms with Gasteiger partial charge in [-0.05, 0) is 43.2 Å². The number of hydrogen-bond donors (Lipinski definition) is 0. The zero-order chi connectivity index (χ0) is 13.8. The fourth-order valence-electron chi connectivity index (χ4n) is 1.91. The molecule has 0 saturated carbocycles. The van der Waals surface area contributed by atoms with Gasteiger partial charge in [0.2, 0.25) is 0 Å². The molecule has 1 aromatic heterocycles. The van der Waals surface area contributed by atoms with Gasteiger partial charge in [-0.1, -0.05) is 0 Å². The van der Waals surface area contributed by atoms with Crippen LogP contribution in [0.25, 0.3) is 0 Å². The van der Waals surface area contributed by atoms with Crippen molar-refractivity contribution in [1.82, 2.24) is 9.78 Å². The molecule has 0 atom stereocenters. The first-order valence-electron chi connectivity index (χ1n) is 6.28. The van der Waals surface area contributed by atoms with Crippen LogP contribution in [0.15, 0.2) is 30.6 Å². The Hall–Kier alpha value is -2.10. The third kappa shape index (κ3) is 3.44. The van der Waals surface area contributed by atoms with Gasteiger partial charge in [0.05, 0.1) is 12.8 Å². The number of Topliss-reactive ketones (excluding diaryl/α,β-unsaturated/α-hetero) is 1. The quantitative estimate of drug-likeness (QED) is 0.774. The average molecular weight is 258 g/mol. The lowest BCUT2D eigenvalue weighted by atomic mass is 10.1. The number of nitrogens with zero attached hydrogens (tertiary/aromatic N) is 2. The van der Waals surface area contributed by atoms with Gasteiger partial charge in [0, 0.05) is 25.2 Å². The van der Waals surface area contributed by atoms with Crippen molar-refractivity contribution in [3.63, 3.8) is 0 Å². The molecule has 100 valence electrons. The number of aryl methyl sites for hydroxylation is 2. The summed E-state index contributed by atoms with van der Waals surface area (Å²) in [6.07, 6.45) is 4.64. The molecule has 4 nitrogen and oxygen atoms in total. The fraction of sp³-hybridized carbons (Fsp3) is 0.333. The van der Waals surface area contributed by atoms with Crippen LogP contribution in [0.3, 0.4) is 0 Å². The first-order valence-corrected chi connectivity index (χ1v) is 6.28. The minimum Gasteiger partial charge on any atom is -0.493 e. The van der Waals surface area contributed by atoms with Crippen molar-refractivity contribution in [2.24, 2.45) is 7.05 Å². The molecule has 2 aromatic rings. The lowest BCUT2D eigenvalue weighted by Crippen LogP contribution is -2.03. The topological polar surface area (TPSA) is 44.1 Å². The van der Waals surface area contributed by atoms with Gasteiger partial charge < -0.3 is 4.74 Å². The lowest BCUT2D eigenvalue weighted by molar-refractivity contribution is 0.101. The molecule has 0 fully saturated rings. The van der Waals surface area contributed by atoms with Gasteiger partial charge in [-0.15, -0.1) is 0 Å². The maximum absolute atomic E-state index is 11.3. The highest BCUT2D eigenvalue weighted by molar-refractivity contribution is 5.94. The molecule has 0 saturated heterocycles. The Labute approximate surface area is 113 Å². The molecule has 0 aliphatic rings. The van der Waals surface area contributed by atoms with E-state index < -0.39 is 0 Å². The maximum atomic E-state index is 11.3. The molecular formula is C15H18N2O2. The maximum Gasteiger partial charge on any atom is 0.159 e. The lowest BCUT2D eigenvalue weighted by Gasteiger charge is -2.09. The second-order valence-corrected chi connectivity index (χ2v) is 4.66. The molecule has 0 spiro atoms. The standard InChI is InChI=1S/C15H18N2O2/c1-11-8-14(12(2)18)4-5-15(11)19-7-6-13-9-16-17(3)10-13/h4-5,8-10H,6-7H2,1-3H3. The van der Waals surface area contributed by atoms with Crippen LogP contribution in [0.1, 0.15) is 28.4 Å². The zero-order valence-electron chi connectivity index (χ0n) is 11.5. The van der Waals surface area contributed by atoms with E-state index in [1.165, 1.54) is 0 Å². The summed E-state index contributed by atoms with van der Waals surface area (Å²) in [4.78, 5) is 11.3. The molecule has 1 aromatic carbocycles. The van der Waals surface area contributed by atoms with Gasteiger partial charge in [-0.3, -0.25) is 9.48 Å². The molecule has 0 aliphatic carbocycles. The van der Waals surface area contributed by atoms with E-state index in [-0.39, 0.29) is 5.78 Å². The minimum absolute atomic E-state index is 0.0741. The van der Waals surface area contributed by atoms with Crippen molar-refractivity contribution in [2.45, 2.75) is 20.3 Å². The number of rotatable bonds is 5. The average Bonchev–Trinajstić information content (AvgIpc) is 2.77. The Bertz CT molecular complexity index is 588. The Morgan fingerprint density at radius 1 is 1.42 bits per heavy atom. The number of benzene rings is 1. The van der Waals surface area contributed by atoms with Crippen molar-refractivity contribution in [1.29, 1.82) is 0 Å². The van der Waals surface area contributed by atoms with Crippen LogP contribution in [0.5, 0.6) is 5.75 Å².